The van der Waals surface area contributed by atoms with Crippen LogP contribution in [0.5, 0.6) is 0 Å². The average molecular weight is 414 g/mol. The Morgan fingerprint density at radius 3 is 2.00 bits per heavy atom. The van der Waals surface area contributed by atoms with Gasteiger partial charge in [0.05, 0.1) is 18.6 Å². The van der Waals surface area contributed by atoms with Crippen LogP contribution in [-0.4, -0.2) is 44.9 Å². The van der Waals surface area contributed by atoms with Gasteiger partial charge in [-0.25, -0.2) is 0 Å². The minimum absolute atomic E-state index is 0.0205. The number of rotatable bonds is 9. The van der Waals surface area contributed by atoms with E-state index < -0.39 is 29.8 Å². The lowest BCUT2D eigenvalue weighted by Gasteiger charge is -2.40. The van der Waals surface area contributed by atoms with Gasteiger partial charge in [0.2, 0.25) is 0 Å². The van der Waals surface area contributed by atoms with Gasteiger partial charge in [-0.15, -0.1) is 0 Å². The molecule has 0 aromatic heterocycles. The highest BCUT2D eigenvalue weighted by atomic mass is 16.6. The first-order chi connectivity index (χ1) is 14.1. The molecule has 0 amide bonds. The van der Waals surface area contributed by atoms with E-state index in [9.17, 15) is 15.0 Å². The van der Waals surface area contributed by atoms with Gasteiger partial charge < -0.3 is 14.9 Å². The number of ether oxygens (including phenoxy) is 1. The monoisotopic (exact) mass is 413 g/mol. The van der Waals surface area contributed by atoms with Crippen molar-refractivity contribution >= 4 is 5.97 Å². The van der Waals surface area contributed by atoms with Gasteiger partial charge in [0.1, 0.15) is 5.60 Å². The van der Waals surface area contributed by atoms with Crippen LogP contribution >= 0.6 is 0 Å². The third-order valence-electron chi connectivity index (χ3n) is 5.10. The van der Waals surface area contributed by atoms with Crippen LogP contribution < -0.4 is 0 Å². The first kappa shape index (κ1) is 24.1. The van der Waals surface area contributed by atoms with E-state index in [1.165, 1.54) is 0 Å². The molecular weight excluding hydrogens is 378 g/mol. The summed E-state index contributed by atoms with van der Waals surface area (Å²) in [6.45, 7) is 9.57. The molecule has 5 nitrogen and oxygen atoms in total. The van der Waals surface area contributed by atoms with E-state index in [-0.39, 0.29) is 12.5 Å². The van der Waals surface area contributed by atoms with Crippen LogP contribution in [0.1, 0.15) is 58.2 Å². The molecule has 0 aliphatic carbocycles. The van der Waals surface area contributed by atoms with E-state index >= 15 is 0 Å². The van der Waals surface area contributed by atoms with Gasteiger partial charge in [-0.1, -0.05) is 60.7 Å². The van der Waals surface area contributed by atoms with Crippen molar-refractivity contribution in [2.75, 3.05) is 0 Å². The fourth-order valence-electron chi connectivity index (χ4n) is 3.57. The molecule has 2 N–H and O–H groups in total. The zero-order valence-corrected chi connectivity index (χ0v) is 18.7. The van der Waals surface area contributed by atoms with Crippen LogP contribution in [0, 0.1) is 0 Å². The van der Waals surface area contributed by atoms with Crippen molar-refractivity contribution in [1.29, 1.82) is 0 Å². The lowest BCUT2D eigenvalue weighted by atomic mass is 9.96. The van der Waals surface area contributed by atoms with Crippen molar-refractivity contribution in [3.8, 4) is 0 Å². The number of aliphatic hydroxyl groups excluding tert-OH is 2. The summed E-state index contributed by atoms with van der Waals surface area (Å²) in [5.74, 6) is -0.398. The molecule has 2 aromatic carbocycles. The van der Waals surface area contributed by atoms with Crippen molar-refractivity contribution in [1.82, 2.24) is 4.90 Å². The molecule has 0 fully saturated rings. The molecule has 0 aliphatic heterocycles. The second kappa shape index (κ2) is 10.7. The molecule has 30 heavy (non-hydrogen) atoms. The fourth-order valence-corrected chi connectivity index (χ4v) is 3.57. The predicted molar refractivity (Wildman–Crippen MR) is 119 cm³/mol. The van der Waals surface area contributed by atoms with Gasteiger partial charge >= 0.3 is 5.97 Å². The number of carbonyl (C=O) groups excluding carboxylic acids is 1. The summed E-state index contributed by atoms with van der Waals surface area (Å²) >= 11 is 0. The molecule has 0 unspecified atom stereocenters. The normalized spacial score (nSPS) is 16.0. The number of carbonyl (C=O) groups is 1. The van der Waals surface area contributed by atoms with E-state index in [0.717, 1.165) is 11.1 Å². The summed E-state index contributed by atoms with van der Waals surface area (Å²) < 4.78 is 5.53. The predicted octanol–water partition coefficient (Wildman–Crippen LogP) is 4.09. The molecule has 0 saturated heterocycles. The maximum Gasteiger partial charge on any atom is 0.308 e. The molecule has 0 radical (unpaired) electrons. The average Bonchev–Trinajstić information content (AvgIpc) is 2.69. The Bertz CT molecular complexity index is 771. The zero-order valence-electron chi connectivity index (χ0n) is 18.7. The molecule has 0 spiro atoms. The van der Waals surface area contributed by atoms with Gasteiger partial charge in [0.25, 0.3) is 0 Å². The Balaban J connectivity index is 2.40. The Labute approximate surface area is 180 Å². The van der Waals surface area contributed by atoms with E-state index in [1.807, 2.05) is 81.4 Å². The SMILES string of the molecule is C[C@H](c1ccccc1)N(Cc1ccccc1)[C@@H](CC(=O)OC(C)(C)C)[C@H](O)[C@@H](C)O. The maximum atomic E-state index is 12.7. The Morgan fingerprint density at radius 2 is 1.50 bits per heavy atom. The van der Waals surface area contributed by atoms with Gasteiger partial charge in [-0.3, -0.25) is 9.69 Å². The first-order valence-electron chi connectivity index (χ1n) is 10.5. The minimum Gasteiger partial charge on any atom is -0.460 e. The quantitative estimate of drug-likeness (QED) is 0.606. The van der Waals surface area contributed by atoms with Crippen molar-refractivity contribution in [2.24, 2.45) is 0 Å². The summed E-state index contributed by atoms with van der Waals surface area (Å²) in [5.41, 5.74) is 1.51. The lowest BCUT2D eigenvalue weighted by Crippen LogP contribution is -2.50. The van der Waals surface area contributed by atoms with Crippen LogP contribution in [0.4, 0.5) is 0 Å². The number of hydrogen-bond donors (Lipinski definition) is 2. The third-order valence-corrected chi connectivity index (χ3v) is 5.10. The van der Waals surface area contributed by atoms with Crippen molar-refractivity contribution < 1.29 is 19.7 Å². The second-order valence-corrected chi connectivity index (χ2v) is 8.83. The van der Waals surface area contributed by atoms with Crippen LogP contribution in [0.2, 0.25) is 0 Å². The highest BCUT2D eigenvalue weighted by Gasteiger charge is 2.35. The molecule has 0 bridgehead atoms. The molecule has 4 atom stereocenters. The highest BCUT2D eigenvalue weighted by Crippen LogP contribution is 2.29. The summed E-state index contributed by atoms with van der Waals surface area (Å²) in [5, 5.41) is 21.1. The molecule has 164 valence electrons. The fraction of sp³-hybridized carbons (Fsp3) is 0.480. The zero-order chi connectivity index (χ0) is 22.3. The second-order valence-electron chi connectivity index (χ2n) is 8.83. The van der Waals surface area contributed by atoms with Gasteiger partial charge in [0.15, 0.2) is 0 Å². The first-order valence-corrected chi connectivity index (χ1v) is 10.5. The van der Waals surface area contributed by atoms with Crippen LogP contribution in [0.15, 0.2) is 60.7 Å². The molecule has 0 saturated carbocycles. The standard InChI is InChI=1S/C25H35NO4/c1-18(21-14-10-7-11-15-21)26(17-20-12-8-6-9-13-20)22(24(29)19(2)27)16-23(28)30-25(3,4)5/h6-15,18-19,22,24,27,29H,16-17H2,1-5H3/t18-,19-,22+,24-/m1/s1. The van der Waals surface area contributed by atoms with Crippen molar-refractivity contribution in [3.63, 3.8) is 0 Å². The lowest BCUT2D eigenvalue weighted by molar-refractivity contribution is -0.159. The molecule has 5 heteroatoms. The van der Waals surface area contributed by atoms with Crippen LogP contribution in [0.25, 0.3) is 0 Å². The largest absolute Gasteiger partial charge is 0.460 e. The van der Waals surface area contributed by atoms with Crippen LogP contribution in [-0.2, 0) is 16.1 Å². The highest BCUT2D eigenvalue weighted by molar-refractivity contribution is 5.70. The van der Waals surface area contributed by atoms with Crippen molar-refractivity contribution in [3.05, 3.63) is 71.8 Å². The Morgan fingerprint density at radius 1 is 0.967 bits per heavy atom. The molecule has 0 heterocycles. The maximum absolute atomic E-state index is 12.7. The molecule has 2 aromatic rings. The van der Waals surface area contributed by atoms with E-state index in [0.29, 0.717) is 6.54 Å². The van der Waals surface area contributed by atoms with Crippen LogP contribution in [0.3, 0.4) is 0 Å². The minimum atomic E-state index is -1.10. The number of nitrogens with zero attached hydrogens (tertiary/aromatic N) is 1. The Kier molecular flexibility index (Phi) is 8.59. The van der Waals surface area contributed by atoms with Gasteiger partial charge in [-0.05, 0) is 45.7 Å². The molecule has 2 rings (SSSR count). The van der Waals surface area contributed by atoms with Crippen molar-refractivity contribution in [2.45, 2.75) is 77.5 Å². The number of hydrogen-bond acceptors (Lipinski definition) is 5. The summed E-state index contributed by atoms with van der Waals surface area (Å²) in [4.78, 5) is 14.7. The van der Waals surface area contributed by atoms with E-state index in [2.05, 4.69) is 11.8 Å². The summed E-state index contributed by atoms with van der Waals surface area (Å²) in [7, 11) is 0. The molecular formula is C25H35NO4. The van der Waals surface area contributed by atoms with Gasteiger partial charge in [-0.2, -0.15) is 0 Å². The van der Waals surface area contributed by atoms with E-state index in [1.54, 1.807) is 6.92 Å². The summed E-state index contributed by atoms with van der Waals surface area (Å²) in [6.07, 6.45) is -2.11. The summed E-state index contributed by atoms with van der Waals surface area (Å²) in [6, 6.07) is 19.2. The van der Waals surface area contributed by atoms with E-state index in [4.69, 9.17) is 4.74 Å². The topological polar surface area (TPSA) is 70.0 Å². The Hall–Kier alpha value is -2.21. The third kappa shape index (κ3) is 7.24. The van der Waals surface area contributed by atoms with Gasteiger partial charge in [0, 0.05) is 18.6 Å². The smallest absolute Gasteiger partial charge is 0.308 e. The number of benzene rings is 2. The number of esters is 1. The number of aliphatic hydroxyl groups is 2. The molecule has 0 aliphatic rings.